The number of hydrogen-bond donors (Lipinski definition) is 1. The Morgan fingerprint density at radius 3 is 3.00 bits per heavy atom. The van der Waals surface area contributed by atoms with Gasteiger partial charge in [-0.25, -0.2) is 4.68 Å². The van der Waals surface area contributed by atoms with Gasteiger partial charge in [0.2, 0.25) is 4.77 Å². The molecule has 6 nitrogen and oxygen atoms in total. The molecule has 1 aliphatic heterocycles. The van der Waals surface area contributed by atoms with E-state index in [0.717, 1.165) is 23.7 Å². The molecule has 1 saturated heterocycles. The van der Waals surface area contributed by atoms with Crippen LogP contribution in [-0.2, 0) is 16.2 Å². The standard InChI is InChI=1S/C15H18N4O2S2/c1-21-14(20)12-9-18(7-8-23-12)10-19-15(22)16-13(17-19)11-5-3-2-4-6-11/h2-6,12H,7-10H2,1H3,(H,16,17,22)/t12-/m1/s1. The maximum atomic E-state index is 11.7. The highest BCUT2D eigenvalue weighted by Crippen LogP contribution is 2.20. The van der Waals surface area contributed by atoms with E-state index in [-0.39, 0.29) is 11.2 Å². The zero-order chi connectivity index (χ0) is 16.2. The molecule has 1 aromatic carbocycles. The van der Waals surface area contributed by atoms with Crippen molar-refractivity contribution in [2.24, 2.45) is 0 Å². The number of H-pyrrole nitrogens is 1. The second-order valence-electron chi connectivity index (χ2n) is 5.25. The van der Waals surface area contributed by atoms with E-state index in [9.17, 15) is 4.79 Å². The number of aromatic amines is 1. The molecule has 122 valence electrons. The van der Waals surface area contributed by atoms with Crippen LogP contribution in [0, 0.1) is 4.77 Å². The Morgan fingerprint density at radius 2 is 2.26 bits per heavy atom. The van der Waals surface area contributed by atoms with Crippen LogP contribution in [0.25, 0.3) is 11.4 Å². The van der Waals surface area contributed by atoms with Gasteiger partial charge in [-0.1, -0.05) is 30.3 Å². The number of benzene rings is 1. The molecule has 0 radical (unpaired) electrons. The zero-order valence-electron chi connectivity index (χ0n) is 12.8. The molecule has 2 heterocycles. The molecule has 0 bridgehead atoms. The first kappa shape index (κ1) is 16.2. The van der Waals surface area contributed by atoms with Crippen LogP contribution in [0.1, 0.15) is 0 Å². The van der Waals surface area contributed by atoms with Crippen molar-refractivity contribution in [3.8, 4) is 11.4 Å². The first-order valence-electron chi connectivity index (χ1n) is 7.31. The van der Waals surface area contributed by atoms with Crippen LogP contribution >= 0.6 is 24.0 Å². The lowest BCUT2D eigenvalue weighted by Gasteiger charge is -2.30. The summed E-state index contributed by atoms with van der Waals surface area (Å²) in [5, 5.41) is 3.10. The number of carbonyl (C=O) groups excluding carboxylic acids is 1. The van der Waals surface area contributed by atoms with Crippen molar-refractivity contribution < 1.29 is 9.53 Å². The first-order chi connectivity index (χ1) is 11.2. The molecular formula is C15H18N4O2S2. The van der Waals surface area contributed by atoms with E-state index in [0.29, 0.717) is 18.0 Å². The smallest absolute Gasteiger partial charge is 0.320 e. The van der Waals surface area contributed by atoms with Gasteiger partial charge in [-0.15, -0.1) is 11.8 Å². The average molecular weight is 350 g/mol. The van der Waals surface area contributed by atoms with Gasteiger partial charge >= 0.3 is 5.97 Å². The molecule has 0 saturated carbocycles. The number of nitrogens with one attached hydrogen (secondary N) is 1. The van der Waals surface area contributed by atoms with Crippen molar-refractivity contribution in [2.75, 3.05) is 26.0 Å². The van der Waals surface area contributed by atoms with Crippen LogP contribution in [0.4, 0.5) is 0 Å². The molecule has 0 spiro atoms. The number of methoxy groups -OCH3 is 1. The Kier molecular flexibility index (Phi) is 5.14. The Balaban J connectivity index is 1.72. The lowest BCUT2D eigenvalue weighted by atomic mass is 10.2. The van der Waals surface area contributed by atoms with Crippen LogP contribution in [-0.4, -0.2) is 56.8 Å². The molecule has 1 N–H and O–H groups in total. The molecule has 1 atom stereocenters. The number of nitrogens with zero attached hydrogens (tertiary/aromatic N) is 3. The normalized spacial score (nSPS) is 18.7. The van der Waals surface area contributed by atoms with E-state index >= 15 is 0 Å². The van der Waals surface area contributed by atoms with Gasteiger partial charge in [-0.3, -0.25) is 14.8 Å². The minimum Gasteiger partial charge on any atom is -0.468 e. The second-order valence-corrected chi connectivity index (χ2v) is 6.93. The fraction of sp³-hybridized carbons (Fsp3) is 0.400. The molecule has 8 heteroatoms. The van der Waals surface area contributed by atoms with E-state index in [1.165, 1.54) is 7.11 Å². The van der Waals surface area contributed by atoms with Gasteiger partial charge in [0.1, 0.15) is 5.25 Å². The number of ether oxygens (including phenoxy) is 1. The zero-order valence-corrected chi connectivity index (χ0v) is 14.4. The maximum absolute atomic E-state index is 11.7. The number of esters is 1. The van der Waals surface area contributed by atoms with Crippen molar-refractivity contribution in [3.05, 3.63) is 35.1 Å². The third-order valence-electron chi connectivity index (χ3n) is 3.68. The minimum absolute atomic E-state index is 0.139. The van der Waals surface area contributed by atoms with Crippen molar-refractivity contribution >= 4 is 29.9 Å². The summed E-state index contributed by atoms with van der Waals surface area (Å²) >= 11 is 6.98. The Bertz CT molecular complexity index is 729. The Labute approximate surface area is 143 Å². The first-order valence-corrected chi connectivity index (χ1v) is 8.77. The number of rotatable bonds is 4. The molecular weight excluding hydrogens is 332 g/mol. The maximum Gasteiger partial charge on any atom is 0.320 e. The van der Waals surface area contributed by atoms with E-state index < -0.39 is 0 Å². The van der Waals surface area contributed by atoms with Crippen LogP contribution in [0.2, 0.25) is 0 Å². The summed E-state index contributed by atoms with van der Waals surface area (Å²) in [5.41, 5.74) is 0.999. The molecule has 0 amide bonds. The van der Waals surface area contributed by atoms with E-state index in [2.05, 4.69) is 15.0 Å². The summed E-state index contributed by atoms with van der Waals surface area (Å²) in [5.74, 6) is 1.48. The monoisotopic (exact) mass is 350 g/mol. The lowest BCUT2D eigenvalue weighted by Crippen LogP contribution is -2.42. The highest BCUT2D eigenvalue weighted by atomic mass is 32.2. The van der Waals surface area contributed by atoms with Gasteiger partial charge in [0.25, 0.3) is 0 Å². The molecule has 0 aliphatic carbocycles. The van der Waals surface area contributed by atoms with E-state index in [1.54, 1.807) is 11.8 Å². The van der Waals surface area contributed by atoms with Crippen LogP contribution < -0.4 is 0 Å². The summed E-state index contributed by atoms with van der Waals surface area (Å²) < 4.78 is 7.19. The summed E-state index contributed by atoms with van der Waals surface area (Å²) in [6.07, 6.45) is 0. The van der Waals surface area contributed by atoms with E-state index in [4.69, 9.17) is 17.0 Å². The molecule has 0 unspecified atom stereocenters. The topological polar surface area (TPSA) is 63.1 Å². The second kappa shape index (κ2) is 7.29. The van der Waals surface area contributed by atoms with Crippen molar-refractivity contribution in [3.63, 3.8) is 0 Å². The average Bonchev–Trinajstić information content (AvgIpc) is 2.96. The molecule has 1 fully saturated rings. The van der Waals surface area contributed by atoms with Crippen LogP contribution in [0.5, 0.6) is 0 Å². The third kappa shape index (κ3) is 3.82. The van der Waals surface area contributed by atoms with Gasteiger partial charge in [-0.2, -0.15) is 4.98 Å². The number of carbonyl (C=O) groups is 1. The van der Waals surface area contributed by atoms with Crippen molar-refractivity contribution in [1.82, 2.24) is 19.7 Å². The fourth-order valence-electron chi connectivity index (χ4n) is 2.48. The highest BCUT2D eigenvalue weighted by molar-refractivity contribution is 8.00. The third-order valence-corrected chi connectivity index (χ3v) is 5.16. The molecule has 3 rings (SSSR count). The summed E-state index contributed by atoms with van der Waals surface area (Å²) in [4.78, 5) is 18.3. The molecule has 23 heavy (non-hydrogen) atoms. The number of thioether (sulfide) groups is 1. The van der Waals surface area contributed by atoms with E-state index in [1.807, 2.05) is 35.0 Å². The SMILES string of the molecule is COC(=O)[C@H]1CN(Cn2[nH]c(-c3ccccc3)nc2=S)CCS1. The largest absolute Gasteiger partial charge is 0.468 e. The fourth-order valence-corrected chi connectivity index (χ4v) is 3.87. The molecule has 1 aliphatic rings. The molecule has 2 aromatic rings. The number of hydrogen-bond acceptors (Lipinski definition) is 6. The lowest BCUT2D eigenvalue weighted by molar-refractivity contribution is -0.140. The van der Waals surface area contributed by atoms with Crippen LogP contribution in [0.3, 0.4) is 0 Å². The van der Waals surface area contributed by atoms with Gasteiger partial charge < -0.3 is 4.74 Å². The quantitative estimate of drug-likeness (QED) is 0.673. The Morgan fingerprint density at radius 1 is 1.48 bits per heavy atom. The minimum atomic E-state index is -0.169. The van der Waals surface area contributed by atoms with Crippen molar-refractivity contribution in [2.45, 2.75) is 11.9 Å². The predicted octanol–water partition coefficient (Wildman–Crippen LogP) is 2.16. The van der Waals surface area contributed by atoms with Gasteiger partial charge in [0.15, 0.2) is 5.82 Å². The van der Waals surface area contributed by atoms with Gasteiger partial charge in [0.05, 0.1) is 13.8 Å². The molecule has 1 aromatic heterocycles. The Hall–Kier alpha value is -1.64. The predicted molar refractivity (Wildman–Crippen MR) is 92.7 cm³/mol. The summed E-state index contributed by atoms with van der Waals surface area (Å²) in [7, 11) is 1.43. The summed E-state index contributed by atoms with van der Waals surface area (Å²) in [6, 6.07) is 9.88. The number of aromatic nitrogens is 3. The highest BCUT2D eigenvalue weighted by Gasteiger charge is 2.27. The van der Waals surface area contributed by atoms with Gasteiger partial charge in [-0.05, 0) is 12.2 Å². The van der Waals surface area contributed by atoms with Crippen LogP contribution in [0.15, 0.2) is 30.3 Å². The summed E-state index contributed by atoms with van der Waals surface area (Å²) in [6.45, 7) is 2.14. The van der Waals surface area contributed by atoms with Crippen molar-refractivity contribution in [1.29, 1.82) is 0 Å². The van der Waals surface area contributed by atoms with Gasteiger partial charge in [0, 0.05) is 24.4 Å².